The molecular weight excluding hydrogens is 320 g/mol. The van der Waals surface area contributed by atoms with Gasteiger partial charge in [0.2, 0.25) is 0 Å². The zero-order valence-corrected chi connectivity index (χ0v) is 13.6. The van der Waals surface area contributed by atoms with Gasteiger partial charge < -0.3 is 14.6 Å². The number of rotatable bonds is 4. The number of carbonyl (C=O) groups excluding carboxylic acids is 1. The van der Waals surface area contributed by atoms with Gasteiger partial charge in [-0.15, -0.1) is 0 Å². The molecule has 4 rings (SSSR count). The maximum Gasteiger partial charge on any atom is 0.271 e. The predicted octanol–water partition coefficient (Wildman–Crippen LogP) is 2.39. The van der Waals surface area contributed by atoms with E-state index in [1.807, 2.05) is 25.1 Å². The van der Waals surface area contributed by atoms with Crippen LogP contribution in [0.1, 0.15) is 28.7 Å². The summed E-state index contributed by atoms with van der Waals surface area (Å²) in [6.07, 6.45) is 5.49. The molecule has 2 aromatic heterocycles. The summed E-state index contributed by atoms with van der Waals surface area (Å²) in [5, 5.41) is 6.75. The smallest absolute Gasteiger partial charge is 0.271 e. The van der Waals surface area contributed by atoms with E-state index in [2.05, 4.69) is 26.5 Å². The van der Waals surface area contributed by atoms with Crippen LogP contribution in [-0.4, -0.2) is 27.1 Å². The number of carbonyl (C=O) groups is 1. The number of ether oxygens (including phenoxy) is 1. The van der Waals surface area contributed by atoms with Crippen molar-refractivity contribution < 1.29 is 14.1 Å². The van der Waals surface area contributed by atoms with Crippen LogP contribution in [0.15, 0.2) is 47.4 Å². The van der Waals surface area contributed by atoms with Crippen LogP contribution in [0.2, 0.25) is 0 Å². The quantitative estimate of drug-likeness (QED) is 0.787. The third-order valence-corrected chi connectivity index (χ3v) is 3.97. The fraction of sp³-hybridized carbons (Fsp3) is 0.222. The Bertz CT molecular complexity index is 908. The Kier molecular flexibility index (Phi) is 3.89. The third kappa shape index (κ3) is 3.21. The number of fused-ring (bicyclic) bond motifs is 1. The van der Waals surface area contributed by atoms with Crippen LogP contribution in [0.4, 0.5) is 0 Å². The average Bonchev–Trinajstić information content (AvgIpc) is 3.25. The van der Waals surface area contributed by atoms with E-state index in [1.54, 1.807) is 0 Å². The molecule has 1 aliphatic heterocycles. The predicted molar refractivity (Wildman–Crippen MR) is 88.9 cm³/mol. The number of benzene rings is 1. The highest BCUT2D eigenvalue weighted by Gasteiger charge is 2.20. The van der Waals surface area contributed by atoms with E-state index < -0.39 is 0 Å². The normalized spacial score (nSPS) is 15.5. The number of nitrogens with zero attached hydrogens (tertiary/aromatic N) is 3. The standard InChI is InChI=1S/C18H16N4O3/c1-11-6-13-7-12(2-3-16(13)24-11)17-8-14(22-25-17)9-21-18(23)15-10-19-4-5-20-15/h2-5,7-8,10-11H,6,9H2,1H3,(H,21,23). The van der Waals surface area contributed by atoms with Crippen molar-refractivity contribution in [3.63, 3.8) is 0 Å². The van der Waals surface area contributed by atoms with Gasteiger partial charge in [0.05, 0.1) is 12.7 Å². The van der Waals surface area contributed by atoms with E-state index >= 15 is 0 Å². The van der Waals surface area contributed by atoms with Gasteiger partial charge in [-0.25, -0.2) is 4.98 Å². The average molecular weight is 336 g/mol. The molecule has 7 heteroatoms. The van der Waals surface area contributed by atoms with Crippen molar-refractivity contribution in [2.75, 3.05) is 0 Å². The number of aromatic nitrogens is 3. The Morgan fingerprint density at radius 2 is 2.24 bits per heavy atom. The topological polar surface area (TPSA) is 90.1 Å². The zero-order chi connectivity index (χ0) is 17.2. The molecule has 0 radical (unpaired) electrons. The lowest BCUT2D eigenvalue weighted by Crippen LogP contribution is -2.23. The maximum absolute atomic E-state index is 12.0. The Hall–Kier alpha value is -3.22. The molecule has 1 amide bonds. The first kappa shape index (κ1) is 15.3. The molecule has 25 heavy (non-hydrogen) atoms. The van der Waals surface area contributed by atoms with E-state index in [1.165, 1.54) is 24.2 Å². The van der Waals surface area contributed by atoms with Crippen molar-refractivity contribution in [1.82, 2.24) is 20.4 Å². The van der Waals surface area contributed by atoms with E-state index in [0.29, 0.717) is 11.5 Å². The lowest BCUT2D eigenvalue weighted by Gasteiger charge is -2.02. The Morgan fingerprint density at radius 1 is 1.32 bits per heavy atom. The molecule has 3 heterocycles. The first-order valence-corrected chi connectivity index (χ1v) is 7.99. The third-order valence-electron chi connectivity index (χ3n) is 3.97. The van der Waals surface area contributed by atoms with Crippen molar-refractivity contribution >= 4 is 5.91 Å². The first-order chi connectivity index (χ1) is 12.2. The van der Waals surface area contributed by atoms with Gasteiger partial charge in [0, 0.05) is 30.4 Å². The molecule has 0 bridgehead atoms. The first-order valence-electron chi connectivity index (χ1n) is 7.99. The fourth-order valence-electron chi connectivity index (χ4n) is 2.78. The molecule has 1 aromatic carbocycles. The highest BCUT2D eigenvalue weighted by molar-refractivity contribution is 5.91. The molecule has 0 aliphatic carbocycles. The van der Waals surface area contributed by atoms with Crippen LogP contribution in [-0.2, 0) is 13.0 Å². The molecular formula is C18H16N4O3. The molecule has 1 aliphatic rings. The van der Waals surface area contributed by atoms with E-state index in [-0.39, 0.29) is 24.2 Å². The second kappa shape index (κ2) is 6.35. The van der Waals surface area contributed by atoms with Gasteiger partial charge in [0.1, 0.15) is 23.2 Å². The summed E-state index contributed by atoms with van der Waals surface area (Å²) >= 11 is 0. The fourth-order valence-corrected chi connectivity index (χ4v) is 2.78. The van der Waals surface area contributed by atoms with Crippen molar-refractivity contribution in [3.05, 3.63) is 59.8 Å². The van der Waals surface area contributed by atoms with Gasteiger partial charge in [0.15, 0.2) is 5.76 Å². The molecule has 1 atom stereocenters. The number of amides is 1. The monoisotopic (exact) mass is 336 g/mol. The van der Waals surface area contributed by atoms with Gasteiger partial charge in [0.25, 0.3) is 5.91 Å². The molecule has 1 unspecified atom stereocenters. The van der Waals surface area contributed by atoms with Crippen LogP contribution in [0.3, 0.4) is 0 Å². The van der Waals surface area contributed by atoms with Crippen LogP contribution in [0.25, 0.3) is 11.3 Å². The summed E-state index contributed by atoms with van der Waals surface area (Å²) in [5.74, 6) is 1.28. The van der Waals surface area contributed by atoms with Gasteiger partial charge in [-0.3, -0.25) is 9.78 Å². The molecule has 0 spiro atoms. The number of nitrogens with one attached hydrogen (secondary N) is 1. The van der Waals surface area contributed by atoms with Crippen molar-refractivity contribution in [3.8, 4) is 17.1 Å². The maximum atomic E-state index is 12.0. The Morgan fingerprint density at radius 3 is 3.08 bits per heavy atom. The molecule has 0 saturated carbocycles. The minimum atomic E-state index is -0.304. The van der Waals surface area contributed by atoms with Crippen LogP contribution in [0, 0.1) is 0 Å². The molecule has 3 aromatic rings. The van der Waals surface area contributed by atoms with E-state index in [0.717, 1.165) is 17.7 Å². The van der Waals surface area contributed by atoms with Gasteiger partial charge in [-0.1, -0.05) is 5.16 Å². The molecule has 126 valence electrons. The van der Waals surface area contributed by atoms with Gasteiger partial charge in [-0.05, 0) is 30.7 Å². The highest BCUT2D eigenvalue weighted by atomic mass is 16.5. The lowest BCUT2D eigenvalue weighted by atomic mass is 10.1. The summed E-state index contributed by atoms with van der Waals surface area (Å²) in [6, 6.07) is 7.77. The minimum Gasteiger partial charge on any atom is -0.490 e. The molecule has 7 nitrogen and oxygen atoms in total. The summed E-state index contributed by atoms with van der Waals surface area (Å²) in [7, 11) is 0. The highest BCUT2D eigenvalue weighted by Crippen LogP contribution is 2.33. The minimum absolute atomic E-state index is 0.201. The van der Waals surface area contributed by atoms with Gasteiger partial charge >= 0.3 is 0 Å². The zero-order valence-electron chi connectivity index (χ0n) is 13.6. The van der Waals surface area contributed by atoms with Crippen LogP contribution < -0.4 is 10.1 Å². The summed E-state index contributed by atoms with van der Waals surface area (Å²) in [6.45, 7) is 2.30. The summed E-state index contributed by atoms with van der Waals surface area (Å²) in [5.41, 5.74) is 3.01. The second-order valence-corrected chi connectivity index (χ2v) is 5.91. The largest absolute Gasteiger partial charge is 0.490 e. The summed E-state index contributed by atoms with van der Waals surface area (Å²) < 4.78 is 11.1. The molecule has 0 fully saturated rings. The molecule has 0 saturated heterocycles. The van der Waals surface area contributed by atoms with Crippen LogP contribution >= 0.6 is 0 Å². The van der Waals surface area contributed by atoms with Crippen molar-refractivity contribution in [1.29, 1.82) is 0 Å². The molecule has 1 N–H and O–H groups in total. The van der Waals surface area contributed by atoms with E-state index in [4.69, 9.17) is 9.26 Å². The Labute approximate surface area is 144 Å². The Balaban J connectivity index is 1.44. The summed E-state index contributed by atoms with van der Waals surface area (Å²) in [4.78, 5) is 19.8. The van der Waals surface area contributed by atoms with Crippen molar-refractivity contribution in [2.24, 2.45) is 0 Å². The number of hydrogen-bond acceptors (Lipinski definition) is 6. The second-order valence-electron chi connectivity index (χ2n) is 5.91. The SMILES string of the molecule is CC1Cc2cc(-c3cc(CNC(=O)c4cnccn4)no3)ccc2O1. The van der Waals surface area contributed by atoms with Gasteiger partial charge in [-0.2, -0.15) is 0 Å². The van der Waals surface area contributed by atoms with Crippen LogP contribution in [0.5, 0.6) is 5.75 Å². The van der Waals surface area contributed by atoms with E-state index in [9.17, 15) is 4.79 Å². The van der Waals surface area contributed by atoms with Crippen molar-refractivity contribution in [2.45, 2.75) is 26.0 Å². The number of hydrogen-bond donors (Lipinski definition) is 1. The lowest BCUT2D eigenvalue weighted by molar-refractivity contribution is 0.0944.